The normalized spacial score (nSPS) is 18.4. The largest absolute Gasteiger partial charge is 0.444 e. The van der Waals surface area contributed by atoms with Crippen LogP contribution in [0.25, 0.3) is 0 Å². The Balaban J connectivity index is 1.60. The molecule has 1 aliphatic heterocycles. The molecular formula is C21H36N6O3. The number of hydrogen-bond donors (Lipinski definition) is 1. The molecule has 0 atom stereocenters. The highest BCUT2D eigenvalue weighted by Crippen LogP contribution is 2.32. The molecule has 0 radical (unpaired) electrons. The van der Waals surface area contributed by atoms with Crippen LogP contribution in [0.2, 0.25) is 0 Å². The van der Waals surface area contributed by atoms with Crippen LogP contribution in [0.1, 0.15) is 65.1 Å². The first-order valence-electron chi connectivity index (χ1n) is 11.1. The maximum absolute atomic E-state index is 12.8. The van der Waals surface area contributed by atoms with E-state index in [-0.39, 0.29) is 12.1 Å². The summed E-state index contributed by atoms with van der Waals surface area (Å²) in [5.74, 6) is 2.61. The highest BCUT2D eigenvalue weighted by molar-refractivity contribution is 5.80. The second-order valence-corrected chi connectivity index (χ2v) is 9.19. The van der Waals surface area contributed by atoms with Gasteiger partial charge in [0.15, 0.2) is 11.8 Å². The predicted molar refractivity (Wildman–Crippen MR) is 114 cm³/mol. The lowest BCUT2D eigenvalue weighted by Gasteiger charge is -2.40. The minimum atomic E-state index is -0.474. The van der Waals surface area contributed by atoms with E-state index >= 15 is 0 Å². The molecule has 3 rings (SSSR count). The third-order valence-corrected chi connectivity index (χ3v) is 5.26. The standard InChI is InChI=1S/C21H36N6O3/c1-6-22-19(23-13-18-24-15(2)30-25-18)26-11-9-17(10-12-26)27(14-16-7-8-16)20(28)29-21(3,4)5/h16-17H,6-14H2,1-5H3,(H,22,23). The molecule has 0 unspecified atom stereocenters. The topological polar surface area (TPSA) is 96.1 Å². The first-order chi connectivity index (χ1) is 14.2. The first kappa shape index (κ1) is 22.4. The molecule has 0 spiro atoms. The zero-order chi connectivity index (χ0) is 21.7. The van der Waals surface area contributed by atoms with Gasteiger partial charge in [0.2, 0.25) is 5.89 Å². The van der Waals surface area contributed by atoms with Crippen LogP contribution in [0.4, 0.5) is 4.79 Å². The van der Waals surface area contributed by atoms with Crippen LogP contribution in [0, 0.1) is 12.8 Å². The zero-order valence-corrected chi connectivity index (χ0v) is 19.0. The number of nitrogens with zero attached hydrogens (tertiary/aromatic N) is 5. The number of ether oxygens (including phenoxy) is 1. The molecule has 2 fully saturated rings. The third kappa shape index (κ3) is 6.60. The van der Waals surface area contributed by atoms with Gasteiger partial charge in [-0.15, -0.1) is 0 Å². The van der Waals surface area contributed by atoms with Crippen molar-refractivity contribution in [2.75, 3.05) is 26.2 Å². The number of nitrogens with one attached hydrogen (secondary N) is 1. The van der Waals surface area contributed by atoms with E-state index in [0.717, 1.165) is 45.0 Å². The number of aliphatic imine (C=N–C) groups is 1. The van der Waals surface area contributed by atoms with Crippen molar-refractivity contribution in [1.82, 2.24) is 25.3 Å². The van der Waals surface area contributed by atoms with Crippen LogP contribution in [0.5, 0.6) is 0 Å². The van der Waals surface area contributed by atoms with Crippen molar-refractivity contribution >= 4 is 12.1 Å². The maximum Gasteiger partial charge on any atom is 0.410 e. The molecule has 9 nitrogen and oxygen atoms in total. The molecule has 1 aliphatic carbocycles. The van der Waals surface area contributed by atoms with Crippen molar-refractivity contribution in [2.24, 2.45) is 10.9 Å². The summed E-state index contributed by atoms with van der Waals surface area (Å²) in [4.78, 5) is 25.9. The van der Waals surface area contributed by atoms with Gasteiger partial charge in [-0.3, -0.25) is 0 Å². The van der Waals surface area contributed by atoms with E-state index in [1.165, 1.54) is 12.8 Å². The van der Waals surface area contributed by atoms with Crippen molar-refractivity contribution < 1.29 is 14.1 Å². The van der Waals surface area contributed by atoms with Crippen LogP contribution < -0.4 is 5.32 Å². The maximum atomic E-state index is 12.8. The average Bonchev–Trinajstić information content (AvgIpc) is 3.41. The molecule has 2 aliphatic rings. The Kier molecular flexibility index (Phi) is 7.20. The second-order valence-electron chi connectivity index (χ2n) is 9.19. The van der Waals surface area contributed by atoms with Gasteiger partial charge in [-0.25, -0.2) is 9.79 Å². The number of guanidine groups is 1. The van der Waals surface area contributed by atoms with Gasteiger partial charge in [0, 0.05) is 39.1 Å². The number of amides is 1. The predicted octanol–water partition coefficient (Wildman–Crippen LogP) is 2.96. The van der Waals surface area contributed by atoms with Crippen molar-refractivity contribution in [3.8, 4) is 0 Å². The number of rotatable bonds is 6. The fourth-order valence-corrected chi connectivity index (χ4v) is 3.64. The van der Waals surface area contributed by atoms with Crippen LogP contribution >= 0.6 is 0 Å². The van der Waals surface area contributed by atoms with Gasteiger partial charge >= 0.3 is 6.09 Å². The highest BCUT2D eigenvalue weighted by Gasteiger charge is 2.35. The molecule has 1 saturated carbocycles. The number of piperidine rings is 1. The number of likely N-dealkylation sites (tertiary alicyclic amines) is 1. The van der Waals surface area contributed by atoms with Crippen molar-refractivity contribution in [3.63, 3.8) is 0 Å². The summed E-state index contributed by atoms with van der Waals surface area (Å²) < 4.78 is 10.7. The zero-order valence-electron chi connectivity index (χ0n) is 19.0. The Morgan fingerprint density at radius 3 is 2.53 bits per heavy atom. The van der Waals surface area contributed by atoms with Gasteiger partial charge in [-0.2, -0.15) is 4.98 Å². The summed E-state index contributed by atoms with van der Waals surface area (Å²) in [7, 11) is 0. The van der Waals surface area contributed by atoms with Gasteiger partial charge < -0.3 is 24.4 Å². The van der Waals surface area contributed by atoms with Gasteiger partial charge in [0.1, 0.15) is 12.1 Å². The Bertz CT molecular complexity index is 729. The lowest BCUT2D eigenvalue weighted by atomic mass is 10.0. The van der Waals surface area contributed by atoms with Gasteiger partial charge in [-0.05, 0) is 59.3 Å². The van der Waals surface area contributed by atoms with Gasteiger partial charge in [0.05, 0.1) is 0 Å². The van der Waals surface area contributed by atoms with E-state index < -0.39 is 5.60 Å². The van der Waals surface area contributed by atoms with Crippen molar-refractivity contribution in [1.29, 1.82) is 0 Å². The average molecular weight is 421 g/mol. The number of aromatic nitrogens is 2. The van der Waals surface area contributed by atoms with Crippen molar-refractivity contribution in [2.45, 2.75) is 78.5 Å². The monoisotopic (exact) mass is 420 g/mol. The minimum absolute atomic E-state index is 0.180. The van der Waals surface area contributed by atoms with Crippen LogP contribution in [0.3, 0.4) is 0 Å². The molecule has 168 valence electrons. The van der Waals surface area contributed by atoms with Crippen LogP contribution in [0.15, 0.2) is 9.52 Å². The van der Waals surface area contributed by atoms with E-state index in [1.807, 2.05) is 25.7 Å². The minimum Gasteiger partial charge on any atom is -0.444 e. The molecule has 1 amide bonds. The highest BCUT2D eigenvalue weighted by atomic mass is 16.6. The fraction of sp³-hybridized carbons (Fsp3) is 0.810. The molecule has 1 N–H and O–H groups in total. The Morgan fingerprint density at radius 2 is 2.00 bits per heavy atom. The summed E-state index contributed by atoms with van der Waals surface area (Å²) in [6.45, 7) is 13.3. The Morgan fingerprint density at radius 1 is 1.30 bits per heavy atom. The lowest BCUT2D eigenvalue weighted by Crippen LogP contribution is -2.52. The molecule has 0 aromatic carbocycles. The van der Waals surface area contributed by atoms with E-state index in [0.29, 0.717) is 24.2 Å². The molecule has 9 heteroatoms. The van der Waals surface area contributed by atoms with Crippen LogP contribution in [-0.4, -0.2) is 69.8 Å². The smallest absolute Gasteiger partial charge is 0.410 e. The number of aryl methyl sites for hydroxylation is 1. The quantitative estimate of drug-likeness (QED) is 0.558. The Hall–Kier alpha value is -2.32. The molecular weight excluding hydrogens is 384 g/mol. The second kappa shape index (κ2) is 9.66. The molecule has 1 aromatic rings. The fourth-order valence-electron chi connectivity index (χ4n) is 3.64. The molecule has 2 heterocycles. The molecule has 0 bridgehead atoms. The summed E-state index contributed by atoms with van der Waals surface area (Å²) >= 11 is 0. The number of carbonyl (C=O) groups is 1. The number of carbonyl (C=O) groups excluding carboxylic acids is 1. The third-order valence-electron chi connectivity index (χ3n) is 5.26. The first-order valence-corrected chi connectivity index (χ1v) is 11.1. The van der Waals surface area contributed by atoms with Gasteiger partial charge in [-0.1, -0.05) is 5.16 Å². The van der Waals surface area contributed by atoms with E-state index in [9.17, 15) is 4.79 Å². The molecule has 1 saturated heterocycles. The SMILES string of the molecule is CCNC(=NCc1noc(C)n1)N1CCC(N(CC2CC2)C(=O)OC(C)(C)C)CC1. The van der Waals surface area contributed by atoms with E-state index in [1.54, 1.807) is 6.92 Å². The summed E-state index contributed by atoms with van der Waals surface area (Å²) in [6.07, 6.45) is 4.05. The summed E-state index contributed by atoms with van der Waals surface area (Å²) in [5.41, 5.74) is -0.474. The van der Waals surface area contributed by atoms with Crippen LogP contribution in [-0.2, 0) is 11.3 Å². The summed E-state index contributed by atoms with van der Waals surface area (Å²) in [6, 6.07) is 0.208. The van der Waals surface area contributed by atoms with E-state index in [4.69, 9.17) is 9.26 Å². The lowest BCUT2D eigenvalue weighted by molar-refractivity contribution is 0.00928. The summed E-state index contributed by atoms with van der Waals surface area (Å²) in [5, 5.41) is 7.27. The molecule has 1 aromatic heterocycles. The Labute approximate surface area is 179 Å². The van der Waals surface area contributed by atoms with Gasteiger partial charge in [0.25, 0.3) is 0 Å². The number of hydrogen-bond acceptors (Lipinski definition) is 6. The molecule has 30 heavy (non-hydrogen) atoms. The van der Waals surface area contributed by atoms with Crippen molar-refractivity contribution in [3.05, 3.63) is 11.7 Å². The van der Waals surface area contributed by atoms with E-state index in [2.05, 4.69) is 32.3 Å².